The molecule has 220 valence electrons. The van der Waals surface area contributed by atoms with Gasteiger partial charge < -0.3 is 20.1 Å². The highest BCUT2D eigenvalue weighted by atomic mass is 35.5. The van der Waals surface area contributed by atoms with Gasteiger partial charge in [-0.3, -0.25) is 9.59 Å². The lowest BCUT2D eigenvalue weighted by molar-refractivity contribution is -0.141. The second kappa shape index (κ2) is 12.3. The van der Waals surface area contributed by atoms with Crippen LogP contribution in [0.3, 0.4) is 0 Å². The predicted molar refractivity (Wildman–Crippen MR) is 150 cm³/mol. The fourth-order valence-corrected chi connectivity index (χ4v) is 5.04. The maximum atomic E-state index is 13.6. The van der Waals surface area contributed by atoms with Crippen LogP contribution in [0.5, 0.6) is 0 Å². The van der Waals surface area contributed by atoms with Gasteiger partial charge in [0.15, 0.2) is 17.8 Å². The van der Waals surface area contributed by atoms with E-state index in [9.17, 15) is 22.8 Å². The quantitative estimate of drug-likeness (QED) is 0.240. The van der Waals surface area contributed by atoms with E-state index in [1.807, 2.05) is 6.92 Å². The predicted octanol–water partition coefficient (Wildman–Crippen LogP) is 6.27. The highest BCUT2D eigenvalue weighted by molar-refractivity contribution is 6.40. The molecule has 3 heterocycles. The number of hydrogen-bond donors (Lipinski definition) is 2. The Labute approximate surface area is 247 Å². The van der Waals surface area contributed by atoms with Crippen LogP contribution in [0.4, 0.5) is 18.9 Å². The molecule has 14 heteroatoms. The molecule has 2 aromatic heterocycles. The Hall–Kier alpha value is -3.71. The molecule has 0 radical (unpaired) electrons. The van der Waals surface area contributed by atoms with E-state index in [-0.39, 0.29) is 39.8 Å². The Balaban J connectivity index is 1.50. The normalized spacial score (nSPS) is 17.0. The molecular weight excluding hydrogens is 598 g/mol. The van der Waals surface area contributed by atoms with E-state index in [1.54, 1.807) is 24.3 Å². The van der Waals surface area contributed by atoms with Crippen molar-refractivity contribution in [1.82, 2.24) is 20.1 Å². The fraction of sp³-hybridized carbons (Fsp3) is 0.286. The number of nitrogens with zero attached hydrogens (tertiary/aromatic N) is 3. The van der Waals surface area contributed by atoms with Gasteiger partial charge in [-0.25, -0.2) is 9.67 Å². The average Bonchev–Trinajstić information content (AvgIpc) is 3.61. The van der Waals surface area contributed by atoms with Gasteiger partial charge in [0, 0.05) is 17.6 Å². The number of anilines is 1. The fourth-order valence-electron chi connectivity index (χ4n) is 4.52. The molecule has 2 atom stereocenters. The molecule has 0 spiro atoms. The lowest BCUT2D eigenvalue weighted by Crippen LogP contribution is -2.33. The van der Waals surface area contributed by atoms with Crippen molar-refractivity contribution in [3.05, 3.63) is 81.7 Å². The summed E-state index contributed by atoms with van der Waals surface area (Å²) in [6, 6.07) is 11.8. The standard InChI is InChI=1S/C28H24Cl2F3N5O4/c1-2-6-16-14-41-22(42-16)13-35-26(39)18-11-15-7-3-4-8-17(15)23(30)24(18)36-27(40)20-12-21(28(31,32)33)37-38(20)25-19(29)9-5-10-34-25/h3-5,7-12,16,22H,2,6,13-14H2,1H3,(H,35,39)(H,36,40). The number of fused-ring (bicyclic) bond motifs is 1. The van der Waals surface area contributed by atoms with Crippen LogP contribution in [0.1, 0.15) is 46.3 Å². The Kier molecular flexibility index (Phi) is 8.69. The number of carbonyl (C=O) groups is 2. The molecule has 1 saturated heterocycles. The highest BCUT2D eigenvalue weighted by Gasteiger charge is 2.37. The van der Waals surface area contributed by atoms with Gasteiger partial charge in [-0.05, 0) is 30.0 Å². The summed E-state index contributed by atoms with van der Waals surface area (Å²) in [5, 5.41) is 9.88. The number of nitrogens with one attached hydrogen (secondary N) is 2. The molecule has 0 aliphatic carbocycles. The molecule has 9 nitrogen and oxygen atoms in total. The van der Waals surface area contributed by atoms with Crippen molar-refractivity contribution < 1.29 is 32.2 Å². The van der Waals surface area contributed by atoms with Crippen LogP contribution in [0.15, 0.2) is 54.7 Å². The molecular formula is C28H24Cl2F3N5O4. The molecule has 0 saturated carbocycles. The summed E-state index contributed by atoms with van der Waals surface area (Å²) in [6.45, 7) is 2.46. The van der Waals surface area contributed by atoms with Crippen LogP contribution in [0.2, 0.25) is 10.0 Å². The summed E-state index contributed by atoms with van der Waals surface area (Å²) in [6.07, 6.45) is -2.56. The summed E-state index contributed by atoms with van der Waals surface area (Å²) in [7, 11) is 0. The largest absolute Gasteiger partial charge is 0.435 e. The topological polar surface area (TPSA) is 107 Å². The van der Waals surface area contributed by atoms with Crippen molar-refractivity contribution in [1.29, 1.82) is 0 Å². The van der Waals surface area contributed by atoms with Crippen molar-refractivity contribution in [2.24, 2.45) is 0 Å². The zero-order valence-electron chi connectivity index (χ0n) is 22.0. The van der Waals surface area contributed by atoms with Gasteiger partial charge in [0.2, 0.25) is 0 Å². The lowest BCUT2D eigenvalue weighted by Gasteiger charge is -2.17. The molecule has 2 N–H and O–H groups in total. The molecule has 1 fully saturated rings. The smallest absolute Gasteiger partial charge is 0.348 e. The SMILES string of the molecule is CCCC1COC(CNC(=O)c2cc3ccccc3c(Cl)c2NC(=O)c2cc(C(F)(F)F)nn2-c2ncccc2Cl)O1. The molecule has 5 rings (SSSR count). The molecule has 4 aromatic rings. The minimum absolute atomic E-state index is 0.0148. The van der Waals surface area contributed by atoms with Gasteiger partial charge >= 0.3 is 6.18 Å². The van der Waals surface area contributed by atoms with Gasteiger partial charge in [-0.1, -0.05) is 60.8 Å². The molecule has 1 aliphatic heterocycles. The average molecular weight is 622 g/mol. The minimum atomic E-state index is -4.87. The van der Waals surface area contributed by atoms with Crippen LogP contribution in [-0.4, -0.2) is 52.1 Å². The summed E-state index contributed by atoms with van der Waals surface area (Å²) in [5.74, 6) is -1.84. The third-order valence-corrected chi connectivity index (χ3v) is 7.18. The van der Waals surface area contributed by atoms with Crippen LogP contribution < -0.4 is 10.6 Å². The summed E-state index contributed by atoms with van der Waals surface area (Å²) in [4.78, 5) is 30.9. The Morgan fingerprint density at radius 3 is 2.64 bits per heavy atom. The first-order valence-corrected chi connectivity index (χ1v) is 13.7. The zero-order chi connectivity index (χ0) is 30.0. The van der Waals surface area contributed by atoms with Crippen LogP contribution in [0, 0.1) is 0 Å². The van der Waals surface area contributed by atoms with Crippen LogP contribution in [0.25, 0.3) is 16.6 Å². The van der Waals surface area contributed by atoms with Crippen molar-refractivity contribution in [2.75, 3.05) is 18.5 Å². The van der Waals surface area contributed by atoms with Gasteiger partial charge in [0.1, 0.15) is 5.69 Å². The summed E-state index contributed by atoms with van der Waals surface area (Å²) >= 11 is 12.8. The molecule has 42 heavy (non-hydrogen) atoms. The number of benzene rings is 2. The Morgan fingerprint density at radius 1 is 1.12 bits per heavy atom. The molecule has 2 unspecified atom stereocenters. The first kappa shape index (κ1) is 29.8. The van der Waals surface area contributed by atoms with Gasteiger partial charge in [-0.2, -0.15) is 18.3 Å². The first-order valence-electron chi connectivity index (χ1n) is 12.9. The summed E-state index contributed by atoms with van der Waals surface area (Å²) in [5.41, 5.74) is -2.00. The third kappa shape index (κ3) is 6.21. The van der Waals surface area contributed by atoms with Crippen LogP contribution >= 0.6 is 23.2 Å². The molecule has 1 aliphatic rings. The number of halogens is 5. The molecule has 2 aromatic carbocycles. The van der Waals surface area contributed by atoms with Crippen molar-refractivity contribution in [2.45, 2.75) is 38.3 Å². The molecule has 2 amide bonds. The number of pyridine rings is 1. The third-order valence-electron chi connectivity index (χ3n) is 6.49. The van der Waals surface area contributed by atoms with E-state index in [0.29, 0.717) is 28.1 Å². The van der Waals surface area contributed by atoms with Crippen molar-refractivity contribution >= 4 is 51.5 Å². The van der Waals surface area contributed by atoms with E-state index in [0.717, 1.165) is 12.8 Å². The maximum absolute atomic E-state index is 13.6. The molecule has 0 bridgehead atoms. The number of amides is 2. The zero-order valence-corrected chi connectivity index (χ0v) is 23.6. The Bertz CT molecular complexity index is 1650. The monoisotopic (exact) mass is 621 g/mol. The number of ether oxygens (including phenoxy) is 2. The van der Waals surface area contributed by atoms with Crippen molar-refractivity contribution in [3.8, 4) is 5.82 Å². The van der Waals surface area contributed by atoms with Gasteiger partial charge in [-0.15, -0.1) is 0 Å². The van der Waals surface area contributed by atoms with E-state index in [4.69, 9.17) is 32.7 Å². The maximum Gasteiger partial charge on any atom is 0.435 e. The van der Waals surface area contributed by atoms with Crippen LogP contribution in [-0.2, 0) is 15.7 Å². The second-order valence-electron chi connectivity index (χ2n) is 9.44. The van der Waals surface area contributed by atoms with E-state index < -0.39 is 35.7 Å². The number of alkyl halides is 3. The number of rotatable bonds is 8. The van der Waals surface area contributed by atoms with Crippen molar-refractivity contribution in [3.63, 3.8) is 0 Å². The van der Waals surface area contributed by atoms with Gasteiger partial charge in [0.25, 0.3) is 11.8 Å². The van der Waals surface area contributed by atoms with E-state index >= 15 is 0 Å². The number of hydrogen-bond acceptors (Lipinski definition) is 6. The number of aromatic nitrogens is 3. The summed E-state index contributed by atoms with van der Waals surface area (Å²) < 4.78 is 52.9. The van der Waals surface area contributed by atoms with E-state index in [1.165, 1.54) is 24.4 Å². The second-order valence-corrected chi connectivity index (χ2v) is 10.2. The van der Waals surface area contributed by atoms with E-state index in [2.05, 4.69) is 20.7 Å². The lowest BCUT2D eigenvalue weighted by atomic mass is 10.0. The minimum Gasteiger partial charge on any atom is -0.348 e. The number of carbonyl (C=O) groups excluding carboxylic acids is 2. The highest BCUT2D eigenvalue weighted by Crippen LogP contribution is 2.36. The first-order chi connectivity index (χ1) is 20.1. The van der Waals surface area contributed by atoms with Gasteiger partial charge in [0.05, 0.1) is 40.6 Å². The Morgan fingerprint density at radius 2 is 1.90 bits per heavy atom.